The quantitative estimate of drug-likeness (QED) is 0.0776. The van der Waals surface area contributed by atoms with Gasteiger partial charge in [-0.15, -0.1) is 23.2 Å². The van der Waals surface area contributed by atoms with Crippen LogP contribution in [0.15, 0.2) is 52.5 Å². The van der Waals surface area contributed by atoms with Gasteiger partial charge < -0.3 is 19.5 Å². The van der Waals surface area contributed by atoms with Crippen molar-refractivity contribution in [3.05, 3.63) is 87.2 Å². The number of phenolic OH excluding ortho intramolecular Hbond substituents is 1. The summed E-state index contributed by atoms with van der Waals surface area (Å²) in [7, 11) is 1.22. The number of nitrogens with zero attached hydrogens (tertiary/aromatic N) is 3. The van der Waals surface area contributed by atoms with E-state index >= 15 is 8.78 Å². The van der Waals surface area contributed by atoms with Gasteiger partial charge in [0.2, 0.25) is 17.6 Å². The van der Waals surface area contributed by atoms with Gasteiger partial charge in [-0.05, 0) is 55.2 Å². The van der Waals surface area contributed by atoms with Crippen LogP contribution < -0.4 is 19.4 Å². The van der Waals surface area contributed by atoms with Crippen LogP contribution in [0.4, 0.5) is 39.0 Å². The van der Waals surface area contributed by atoms with Crippen molar-refractivity contribution in [3.8, 4) is 11.5 Å². The van der Waals surface area contributed by atoms with Crippen LogP contribution in [0.2, 0.25) is 0 Å². The number of phenols is 1. The average molecular weight is 871 g/mol. The van der Waals surface area contributed by atoms with E-state index in [0.29, 0.717) is 26.3 Å². The number of amides is 4. The highest BCUT2D eigenvalue weighted by atomic mass is 79.9. The summed E-state index contributed by atoms with van der Waals surface area (Å²) < 4.78 is 84.9. The van der Waals surface area contributed by atoms with E-state index in [1.807, 2.05) is 0 Å². The standard InChI is InChI=1S/C37H27BrCl2F5N3O7/c1-54-22-13-15(38)12-20(31(22)49)24-18-6-7-19-23(33(51)47(32(19)50)17-4-2-16(3-5-17)46-8-10-55-11-9-46)21(18)14-36(39)34(52)48(35(53)37(24,36)40)30-28(44)26(42)25(41)27(43)29(30)45/h2-6,12-13,19,21,23-24,49H,7-11,14H2,1H3/t19-,21+,23-,24+,36+,37-/m0/s1. The van der Waals surface area contributed by atoms with Gasteiger partial charge in [-0.1, -0.05) is 27.6 Å². The molecule has 6 atom stereocenters. The van der Waals surface area contributed by atoms with E-state index in [-0.39, 0.29) is 38.4 Å². The molecule has 4 amide bonds. The second-order valence-corrected chi connectivity index (χ2v) is 16.0. The Labute approximate surface area is 327 Å². The number of hydrogen-bond acceptors (Lipinski definition) is 8. The first kappa shape index (κ1) is 37.7. The Balaban J connectivity index is 1.27. The number of rotatable bonds is 5. The number of benzene rings is 3. The molecule has 0 spiro atoms. The first-order valence-electron chi connectivity index (χ1n) is 16.9. The minimum Gasteiger partial charge on any atom is -0.504 e. The van der Waals surface area contributed by atoms with Crippen molar-refractivity contribution in [2.24, 2.45) is 17.8 Å². The molecule has 288 valence electrons. The molecule has 3 heterocycles. The molecule has 5 aliphatic rings. The van der Waals surface area contributed by atoms with E-state index in [4.69, 9.17) is 32.7 Å². The Kier molecular flexibility index (Phi) is 9.02. The molecule has 1 saturated carbocycles. The van der Waals surface area contributed by atoms with Gasteiger partial charge in [0.05, 0.1) is 37.8 Å². The zero-order valence-electron chi connectivity index (χ0n) is 28.4. The molecule has 2 aliphatic carbocycles. The summed E-state index contributed by atoms with van der Waals surface area (Å²) in [6, 6.07) is 9.45. The van der Waals surface area contributed by atoms with Crippen molar-refractivity contribution < 1.29 is 55.7 Å². The number of ether oxygens (including phenoxy) is 2. The predicted molar refractivity (Wildman–Crippen MR) is 191 cm³/mol. The molecule has 55 heavy (non-hydrogen) atoms. The summed E-state index contributed by atoms with van der Waals surface area (Å²) >= 11 is 17.7. The molecule has 0 aromatic heterocycles. The van der Waals surface area contributed by atoms with Gasteiger partial charge in [-0.25, -0.2) is 26.9 Å². The normalized spacial score (nSPS) is 29.0. The lowest BCUT2D eigenvalue weighted by atomic mass is 9.56. The SMILES string of the molecule is COc1cc(Br)cc([C@H]2C3=CC[C@@H]4C(=O)N(c5ccc(N6CCOCC6)cc5)C(=O)[C@@H]4[C@@H]3C[C@@]3(Cl)C(=O)N(c4c(F)c(F)c(F)c(F)c4F)C(=O)[C@@]23Cl)c1O. The molecule has 4 fully saturated rings. The Hall–Kier alpha value is -4.25. The number of methoxy groups -OCH3 is 1. The first-order chi connectivity index (χ1) is 26.1. The van der Waals surface area contributed by atoms with Crippen LogP contribution in [0, 0.1) is 46.8 Å². The Bertz CT molecular complexity index is 2230. The average Bonchev–Trinajstić information content (AvgIpc) is 3.52. The van der Waals surface area contributed by atoms with Crippen molar-refractivity contribution >= 4 is 79.8 Å². The highest BCUT2D eigenvalue weighted by Crippen LogP contribution is 2.67. The summed E-state index contributed by atoms with van der Waals surface area (Å²) in [5.41, 5.74) is -0.800. The summed E-state index contributed by atoms with van der Waals surface area (Å²) in [6.45, 7) is 2.37. The Morgan fingerprint density at radius 3 is 2.05 bits per heavy atom. The van der Waals surface area contributed by atoms with E-state index < -0.39 is 104 Å². The summed E-state index contributed by atoms with van der Waals surface area (Å²) in [6.07, 6.45) is 0.781. The fraction of sp³-hybridized carbons (Fsp3) is 0.351. The number of morpholine rings is 1. The lowest BCUT2D eigenvalue weighted by Crippen LogP contribution is -2.60. The lowest BCUT2D eigenvalue weighted by Gasteiger charge is -2.50. The number of fused-ring (bicyclic) bond motifs is 4. The molecule has 8 rings (SSSR count). The number of alkyl halides is 2. The third-order valence-electron chi connectivity index (χ3n) is 11.3. The second-order valence-electron chi connectivity index (χ2n) is 13.9. The molecular weight excluding hydrogens is 844 g/mol. The lowest BCUT2D eigenvalue weighted by molar-refractivity contribution is -0.125. The van der Waals surface area contributed by atoms with Crippen molar-refractivity contribution in [1.82, 2.24) is 0 Å². The maximum Gasteiger partial charge on any atom is 0.258 e. The smallest absolute Gasteiger partial charge is 0.258 e. The molecule has 3 saturated heterocycles. The number of allylic oxidation sites excluding steroid dienone is 2. The third kappa shape index (κ3) is 5.13. The van der Waals surface area contributed by atoms with E-state index in [9.17, 15) is 37.5 Å². The first-order valence-corrected chi connectivity index (χ1v) is 18.5. The van der Waals surface area contributed by atoms with E-state index in [2.05, 4.69) is 20.8 Å². The van der Waals surface area contributed by atoms with E-state index in [0.717, 1.165) is 10.6 Å². The zero-order valence-corrected chi connectivity index (χ0v) is 31.5. The fourth-order valence-corrected chi connectivity index (χ4v) is 10.2. The number of halogens is 8. The van der Waals surface area contributed by atoms with Crippen molar-refractivity contribution in [3.63, 3.8) is 0 Å². The van der Waals surface area contributed by atoms with E-state index in [1.54, 1.807) is 30.3 Å². The maximum atomic E-state index is 15.3. The van der Waals surface area contributed by atoms with Crippen molar-refractivity contribution in [2.45, 2.75) is 28.5 Å². The Morgan fingerprint density at radius 1 is 0.836 bits per heavy atom. The van der Waals surface area contributed by atoms with Crippen LogP contribution in [0.1, 0.15) is 24.3 Å². The molecule has 0 bridgehead atoms. The molecule has 0 unspecified atom stereocenters. The number of carbonyl (C=O) groups excluding carboxylic acids is 4. The summed E-state index contributed by atoms with van der Waals surface area (Å²) in [5, 5.41) is 11.5. The maximum absolute atomic E-state index is 15.3. The van der Waals surface area contributed by atoms with Crippen LogP contribution in [0.3, 0.4) is 0 Å². The predicted octanol–water partition coefficient (Wildman–Crippen LogP) is 6.46. The number of carbonyl (C=O) groups is 4. The van der Waals surface area contributed by atoms with Gasteiger partial charge in [0.25, 0.3) is 11.8 Å². The van der Waals surface area contributed by atoms with Crippen LogP contribution >= 0.6 is 39.1 Å². The highest BCUT2D eigenvalue weighted by molar-refractivity contribution is 9.10. The summed E-state index contributed by atoms with van der Waals surface area (Å²) in [5.74, 6) is -22.7. The highest BCUT2D eigenvalue weighted by Gasteiger charge is 2.77. The van der Waals surface area contributed by atoms with E-state index in [1.165, 1.54) is 19.2 Å². The molecule has 1 N–H and O–H groups in total. The van der Waals surface area contributed by atoms with Crippen molar-refractivity contribution in [1.29, 1.82) is 0 Å². The minimum atomic E-state index is -2.81. The van der Waals surface area contributed by atoms with Gasteiger partial charge >= 0.3 is 0 Å². The van der Waals surface area contributed by atoms with Crippen LogP contribution in [0.5, 0.6) is 11.5 Å². The largest absolute Gasteiger partial charge is 0.504 e. The molecule has 18 heteroatoms. The number of imide groups is 2. The van der Waals surface area contributed by atoms with Crippen molar-refractivity contribution in [2.75, 3.05) is 48.1 Å². The molecule has 0 radical (unpaired) electrons. The van der Waals surface area contributed by atoms with Crippen LogP contribution in [-0.4, -0.2) is 71.9 Å². The molecule has 3 aliphatic heterocycles. The molecular formula is C37H27BrCl2F5N3O7. The number of aromatic hydroxyl groups is 1. The summed E-state index contributed by atoms with van der Waals surface area (Å²) in [4.78, 5) is 54.8. The van der Waals surface area contributed by atoms with Crippen LogP contribution in [0.25, 0.3) is 0 Å². The van der Waals surface area contributed by atoms with Crippen LogP contribution in [-0.2, 0) is 23.9 Å². The van der Waals surface area contributed by atoms with Gasteiger partial charge in [-0.3, -0.25) is 24.1 Å². The molecule has 3 aromatic rings. The van der Waals surface area contributed by atoms with Gasteiger partial charge in [0, 0.05) is 34.7 Å². The minimum absolute atomic E-state index is 0.0718. The zero-order chi connectivity index (χ0) is 39.5. The second kappa shape index (κ2) is 13.2. The van der Waals surface area contributed by atoms with Gasteiger partial charge in [0.1, 0.15) is 5.69 Å². The number of hydrogen-bond donors (Lipinski definition) is 1. The fourth-order valence-electron chi connectivity index (χ4n) is 8.77. The number of anilines is 3. The molecule has 10 nitrogen and oxygen atoms in total. The van der Waals surface area contributed by atoms with Gasteiger partial charge in [-0.2, -0.15) is 0 Å². The van der Waals surface area contributed by atoms with Gasteiger partial charge in [0.15, 0.2) is 44.5 Å². The topological polar surface area (TPSA) is 117 Å². The monoisotopic (exact) mass is 869 g/mol. The molecule has 3 aromatic carbocycles. The third-order valence-corrected chi connectivity index (χ3v) is 13.2. The Morgan fingerprint density at radius 2 is 1.44 bits per heavy atom.